The van der Waals surface area contributed by atoms with E-state index in [0.717, 1.165) is 28.8 Å². The molecule has 17 heteroatoms. The number of hydrogen-bond donors (Lipinski definition) is 2. The first-order valence-electron chi connectivity index (χ1n) is 12.5. The molecule has 0 aliphatic rings. The normalized spacial score (nSPS) is 11.2. The predicted molar refractivity (Wildman–Crippen MR) is 146 cm³/mol. The standard InChI is InChI=1S/C24H33N5O11S/c1-18-14-19(2-3-20(18)26-27-24-25-15-21(41-24)29(34)35)28(5-7-37-10-12-39-16-22(30)31)4-6-36-8-9-38-11-13-40-17-23(32)33/h2-3,14-15H,4-13,16-17H2,1H3,(H,30,31)(H,32,33). The van der Waals surface area contributed by atoms with Crippen LogP contribution >= 0.6 is 11.3 Å². The molecule has 16 nitrogen and oxygen atoms in total. The minimum atomic E-state index is -1.04. The fourth-order valence-electron chi connectivity index (χ4n) is 3.13. The Labute approximate surface area is 239 Å². The number of anilines is 1. The van der Waals surface area contributed by atoms with E-state index in [4.69, 9.17) is 33.9 Å². The van der Waals surface area contributed by atoms with Crippen LogP contribution in [0.25, 0.3) is 0 Å². The zero-order chi connectivity index (χ0) is 29.9. The van der Waals surface area contributed by atoms with E-state index in [9.17, 15) is 19.7 Å². The van der Waals surface area contributed by atoms with Crippen molar-refractivity contribution >= 4 is 44.8 Å². The quantitative estimate of drug-likeness (QED) is 0.0817. The van der Waals surface area contributed by atoms with E-state index in [1.165, 1.54) is 0 Å². The molecule has 2 aromatic rings. The molecule has 2 N–H and O–H groups in total. The molecule has 2 rings (SSSR count). The topological polar surface area (TPSA) is 205 Å². The Bertz CT molecular complexity index is 1130. The second kappa shape index (κ2) is 19.5. The third-order valence-corrected chi connectivity index (χ3v) is 5.86. The smallest absolute Gasteiger partial charge is 0.345 e. The monoisotopic (exact) mass is 599 g/mol. The number of aliphatic carboxylic acids is 2. The van der Waals surface area contributed by atoms with E-state index < -0.39 is 16.9 Å². The first kappa shape index (κ1) is 33.6. The van der Waals surface area contributed by atoms with Crippen molar-refractivity contribution in [3.63, 3.8) is 0 Å². The third-order valence-electron chi connectivity index (χ3n) is 5.03. The van der Waals surface area contributed by atoms with Gasteiger partial charge in [0.05, 0.1) is 63.5 Å². The van der Waals surface area contributed by atoms with Crippen molar-refractivity contribution in [1.29, 1.82) is 0 Å². The SMILES string of the molecule is Cc1cc(N(CCOCCOCCOCC(=O)O)CCOCCOCC(=O)O)ccc1N=Nc1ncc([N+](=O)[O-])s1. The molecule has 41 heavy (non-hydrogen) atoms. The van der Waals surface area contributed by atoms with E-state index >= 15 is 0 Å². The number of azo groups is 1. The maximum Gasteiger partial charge on any atom is 0.345 e. The average molecular weight is 600 g/mol. The van der Waals surface area contributed by atoms with Crippen molar-refractivity contribution in [2.45, 2.75) is 6.92 Å². The minimum absolute atomic E-state index is 0.115. The lowest BCUT2D eigenvalue weighted by Crippen LogP contribution is -2.31. The summed E-state index contributed by atoms with van der Waals surface area (Å²) in [5.41, 5.74) is 2.29. The van der Waals surface area contributed by atoms with Crippen molar-refractivity contribution in [3.8, 4) is 0 Å². The summed E-state index contributed by atoms with van der Waals surface area (Å²) in [6.45, 7) is 4.45. The molecule has 1 aromatic heterocycles. The first-order valence-corrected chi connectivity index (χ1v) is 13.3. The number of rotatable bonds is 23. The van der Waals surface area contributed by atoms with E-state index in [1.807, 2.05) is 19.1 Å². The minimum Gasteiger partial charge on any atom is -0.480 e. The second-order valence-electron chi connectivity index (χ2n) is 8.13. The highest BCUT2D eigenvalue weighted by molar-refractivity contribution is 7.18. The highest BCUT2D eigenvalue weighted by atomic mass is 32.1. The number of nitrogens with zero attached hydrogens (tertiary/aromatic N) is 5. The fraction of sp³-hybridized carbons (Fsp3) is 0.542. The Morgan fingerprint density at radius 2 is 1.44 bits per heavy atom. The number of benzene rings is 1. The van der Waals surface area contributed by atoms with Gasteiger partial charge in [-0.3, -0.25) is 10.1 Å². The van der Waals surface area contributed by atoms with Crippen LogP contribution in [-0.4, -0.2) is 111 Å². The van der Waals surface area contributed by atoms with Gasteiger partial charge in [0.1, 0.15) is 19.4 Å². The predicted octanol–water partition coefficient (Wildman–Crippen LogP) is 2.83. The summed E-state index contributed by atoms with van der Waals surface area (Å²) >= 11 is 0.831. The van der Waals surface area contributed by atoms with Gasteiger partial charge in [0, 0.05) is 18.8 Å². The fourth-order valence-corrected chi connectivity index (χ4v) is 3.68. The van der Waals surface area contributed by atoms with Crippen molar-refractivity contribution < 1.29 is 48.4 Å². The summed E-state index contributed by atoms with van der Waals surface area (Å²) in [5.74, 6) is -2.08. The Kier molecular flexibility index (Phi) is 15.9. The van der Waals surface area contributed by atoms with Crippen LogP contribution in [0, 0.1) is 17.0 Å². The molecule has 0 bridgehead atoms. The molecular weight excluding hydrogens is 566 g/mol. The molecule has 0 unspecified atom stereocenters. The van der Waals surface area contributed by atoms with E-state index in [-0.39, 0.29) is 49.8 Å². The molecule has 226 valence electrons. The molecule has 1 aromatic carbocycles. The molecule has 0 fully saturated rings. The highest BCUT2D eigenvalue weighted by Gasteiger charge is 2.12. The van der Waals surface area contributed by atoms with E-state index in [1.54, 1.807) is 6.07 Å². The average Bonchev–Trinajstić information content (AvgIpc) is 3.41. The molecular formula is C24H33N5O11S. The summed E-state index contributed by atoms with van der Waals surface area (Å²) in [7, 11) is 0. The molecule has 0 aliphatic carbocycles. The van der Waals surface area contributed by atoms with Gasteiger partial charge in [-0.2, -0.15) is 0 Å². The Morgan fingerprint density at radius 3 is 1.93 bits per heavy atom. The van der Waals surface area contributed by atoms with Crippen LogP contribution in [0.1, 0.15) is 5.56 Å². The van der Waals surface area contributed by atoms with Gasteiger partial charge in [-0.15, -0.1) is 10.2 Å². The summed E-state index contributed by atoms with van der Waals surface area (Å²) in [6, 6.07) is 5.57. The van der Waals surface area contributed by atoms with Crippen molar-refractivity contribution in [2.24, 2.45) is 10.2 Å². The zero-order valence-corrected chi connectivity index (χ0v) is 23.3. The van der Waals surface area contributed by atoms with Crippen LogP contribution in [0.5, 0.6) is 0 Å². The molecule has 0 atom stereocenters. The molecule has 0 spiro atoms. The third kappa shape index (κ3) is 14.5. The zero-order valence-electron chi connectivity index (χ0n) is 22.5. The summed E-state index contributed by atoms with van der Waals surface area (Å²) in [5, 5.41) is 36.2. The number of aryl methyl sites for hydroxylation is 1. The number of carboxylic acids is 2. The maximum atomic E-state index is 10.8. The van der Waals surface area contributed by atoms with Gasteiger partial charge >= 0.3 is 16.9 Å². The van der Waals surface area contributed by atoms with Gasteiger partial charge in [-0.05, 0) is 42.0 Å². The number of thiazole rings is 1. The van der Waals surface area contributed by atoms with Crippen LogP contribution in [0.2, 0.25) is 0 Å². The maximum absolute atomic E-state index is 10.8. The Morgan fingerprint density at radius 1 is 0.902 bits per heavy atom. The first-order chi connectivity index (χ1) is 19.8. The van der Waals surface area contributed by atoms with Crippen LogP contribution in [0.3, 0.4) is 0 Å². The summed E-state index contributed by atoms with van der Waals surface area (Å²) in [4.78, 5) is 37.1. The van der Waals surface area contributed by atoms with Gasteiger partial charge in [-0.25, -0.2) is 14.6 Å². The van der Waals surface area contributed by atoms with Crippen LogP contribution in [-0.2, 0) is 33.3 Å². The number of nitro groups is 1. The second-order valence-corrected chi connectivity index (χ2v) is 9.11. The summed E-state index contributed by atoms with van der Waals surface area (Å²) in [6.07, 6.45) is 1.14. The lowest BCUT2D eigenvalue weighted by atomic mass is 10.1. The number of ether oxygens (including phenoxy) is 5. The highest BCUT2D eigenvalue weighted by Crippen LogP contribution is 2.30. The van der Waals surface area contributed by atoms with Crippen LogP contribution < -0.4 is 4.90 Å². The molecule has 0 saturated heterocycles. The number of carbonyl (C=O) groups is 2. The Hall–Kier alpha value is -3.61. The van der Waals surface area contributed by atoms with Crippen molar-refractivity contribution in [1.82, 2.24) is 4.98 Å². The van der Waals surface area contributed by atoms with Gasteiger partial charge in [0.2, 0.25) is 5.13 Å². The molecule has 0 radical (unpaired) electrons. The lowest BCUT2D eigenvalue weighted by Gasteiger charge is -2.25. The van der Waals surface area contributed by atoms with Crippen LogP contribution in [0.4, 0.5) is 21.5 Å². The molecule has 0 amide bonds. The van der Waals surface area contributed by atoms with Crippen LogP contribution in [0.15, 0.2) is 34.6 Å². The van der Waals surface area contributed by atoms with Gasteiger partial charge in [-0.1, -0.05) is 0 Å². The van der Waals surface area contributed by atoms with E-state index in [2.05, 4.69) is 20.1 Å². The summed E-state index contributed by atoms with van der Waals surface area (Å²) < 4.78 is 26.5. The Balaban J connectivity index is 1.87. The van der Waals surface area contributed by atoms with Crippen molar-refractivity contribution in [2.75, 3.05) is 84.1 Å². The lowest BCUT2D eigenvalue weighted by molar-refractivity contribution is -0.380. The van der Waals surface area contributed by atoms with Crippen molar-refractivity contribution in [3.05, 3.63) is 40.1 Å². The van der Waals surface area contributed by atoms with Gasteiger partial charge < -0.3 is 38.8 Å². The molecule has 0 saturated carbocycles. The largest absolute Gasteiger partial charge is 0.480 e. The molecule has 0 aliphatic heterocycles. The number of aromatic nitrogens is 1. The van der Waals surface area contributed by atoms with Gasteiger partial charge in [0.15, 0.2) is 0 Å². The van der Waals surface area contributed by atoms with E-state index in [0.29, 0.717) is 45.2 Å². The van der Waals surface area contributed by atoms with Gasteiger partial charge in [0.25, 0.3) is 0 Å². The number of hydrogen-bond acceptors (Lipinski definition) is 14. The number of carboxylic acid groups (broad SMARTS) is 2. The molecule has 1 heterocycles.